The number of aliphatic hydroxyl groups excluding tert-OH is 1. The van der Waals surface area contributed by atoms with E-state index >= 15 is 0 Å². The van der Waals surface area contributed by atoms with Crippen molar-refractivity contribution >= 4 is 5.82 Å². The summed E-state index contributed by atoms with van der Waals surface area (Å²) in [6.45, 7) is 1.80. The van der Waals surface area contributed by atoms with Crippen LogP contribution in [0.2, 0.25) is 0 Å². The summed E-state index contributed by atoms with van der Waals surface area (Å²) in [5.41, 5.74) is 6.74. The molecule has 1 heterocycles. The number of aliphatic hydroxyl groups is 1. The highest BCUT2D eigenvalue weighted by atomic mass is 16.3. The van der Waals surface area contributed by atoms with Crippen molar-refractivity contribution in [1.29, 1.82) is 0 Å². The Balaban J connectivity index is 2.41. The molecule has 0 aromatic carbocycles. The van der Waals surface area contributed by atoms with Gasteiger partial charge < -0.3 is 10.8 Å². The molecule has 0 saturated carbocycles. The summed E-state index contributed by atoms with van der Waals surface area (Å²) in [7, 11) is 0. The monoisotopic (exact) mass is 180 g/mol. The standard InChI is InChI=1S/C10H16N2O/c1-8(13)4-2-5-9-6-3-7-12-10(9)11/h3,6-8,13H,2,4-5H2,1H3,(H2,11,12). The summed E-state index contributed by atoms with van der Waals surface area (Å²) in [4.78, 5) is 3.99. The number of hydrogen-bond acceptors (Lipinski definition) is 3. The van der Waals surface area contributed by atoms with Crippen LogP contribution in [0.4, 0.5) is 5.82 Å². The van der Waals surface area contributed by atoms with Gasteiger partial charge in [0.05, 0.1) is 6.10 Å². The molecule has 13 heavy (non-hydrogen) atoms. The van der Waals surface area contributed by atoms with E-state index in [2.05, 4.69) is 4.98 Å². The van der Waals surface area contributed by atoms with Crippen LogP contribution in [-0.4, -0.2) is 16.2 Å². The predicted molar refractivity (Wildman–Crippen MR) is 53.3 cm³/mol. The highest BCUT2D eigenvalue weighted by Crippen LogP contribution is 2.11. The van der Waals surface area contributed by atoms with Crippen molar-refractivity contribution in [3.63, 3.8) is 0 Å². The number of rotatable bonds is 4. The number of hydrogen-bond donors (Lipinski definition) is 2. The molecule has 1 aromatic heterocycles. The molecule has 0 bridgehead atoms. The molecule has 3 N–H and O–H groups in total. The van der Waals surface area contributed by atoms with Gasteiger partial charge in [-0.25, -0.2) is 4.98 Å². The average Bonchev–Trinajstić information content (AvgIpc) is 2.08. The van der Waals surface area contributed by atoms with Gasteiger partial charge in [-0.3, -0.25) is 0 Å². The van der Waals surface area contributed by atoms with Crippen LogP contribution in [-0.2, 0) is 6.42 Å². The van der Waals surface area contributed by atoms with Crippen LogP contribution in [0.3, 0.4) is 0 Å². The van der Waals surface area contributed by atoms with Crippen molar-refractivity contribution in [2.24, 2.45) is 0 Å². The molecule has 0 fully saturated rings. The maximum Gasteiger partial charge on any atom is 0.126 e. The zero-order chi connectivity index (χ0) is 9.68. The van der Waals surface area contributed by atoms with Crippen LogP contribution < -0.4 is 5.73 Å². The van der Waals surface area contributed by atoms with E-state index in [0.717, 1.165) is 24.8 Å². The maximum atomic E-state index is 9.05. The van der Waals surface area contributed by atoms with Gasteiger partial charge in [0.25, 0.3) is 0 Å². The van der Waals surface area contributed by atoms with Gasteiger partial charge in [-0.15, -0.1) is 0 Å². The fourth-order valence-corrected chi connectivity index (χ4v) is 1.25. The van der Waals surface area contributed by atoms with Crippen LogP contribution in [0.15, 0.2) is 18.3 Å². The Morgan fingerprint density at radius 2 is 2.38 bits per heavy atom. The van der Waals surface area contributed by atoms with E-state index in [1.807, 2.05) is 12.1 Å². The summed E-state index contributed by atoms with van der Waals surface area (Å²) >= 11 is 0. The van der Waals surface area contributed by atoms with Crippen LogP contribution in [0.25, 0.3) is 0 Å². The Kier molecular flexibility index (Phi) is 3.71. The summed E-state index contributed by atoms with van der Waals surface area (Å²) in [5.74, 6) is 0.605. The molecule has 0 aliphatic rings. The van der Waals surface area contributed by atoms with Crippen LogP contribution in [0, 0.1) is 0 Å². The number of pyridine rings is 1. The second-order valence-corrected chi connectivity index (χ2v) is 3.29. The lowest BCUT2D eigenvalue weighted by atomic mass is 10.1. The topological polar surface area (TPSA) is 59.1 Å². The van der Waals surface area contributed by atoms with Crippen LogP contribution in [0.1, 0.15) is 25.3 Å². The molecule has 0 spiro atoms. The van der Waals surface area contributed by atoms with Gasteiger partial charge in [0.15, 0.2) is 0 Å². The van der Waals surface area contributed by atoms with E-state index in [-0.39, 0.29) is 6.10 Å². The molecule has 0 radical (unpaired) electrons. The lowest BCUT2D eigenvalue weighted by Crippen LogP contribution is -2.02. The molecule has 1 rings (SSSR count). The third kappa shape index (κ3) is 3.42. The average molecular weight is 180 g/mol. The van der Waals surface area contributed by atoms with E-state index in [4.69, 9.17) is 10.8 Å². The van der Waals surface area contributed by atoms with Crippen molar-refractivity contribution in [2.75, 3.05) is 5.73 Å². The zero-order valence-corrected chi connectivity index (χ0v) is 7.90. The van der Waals surface area contributed by atoms with Gasteiger partial charge in [-0.2, -0.15) is 0 Å². The van der Waals surface area contributed by atoms with Crippen LogP contribution >= 0.6 is 0 Å². The van der Waals surface area contributed by atoms with E-state index < -0.39 is 0 Å². The van der Waals surface area contributed by atoms with E-state index in [1.165, 1.54) is 0 Å². The molecule has 0 aliphatic heterocycles. The minimum Gasteiger partial charge on any atom is -0.393 e. The second kappa shape index (κ2) is 4.82. The van der Waals surface area contributed by atoms with Crippen molar-refractivity contribution < 1.29 is 5.11 Å². The Labute approximate surface area is 78.6 Å². The molecule has 0 saturated heterocycles. The molecule has 0 aliphatic carbocycles. The summed E-state index contributed by atoms with van der Waals surface area (Å²) in [6, 6.07) is 3.86. The molecular weight excluding hydrogens is 164 g/mol. The first-order valence-electron chi connectivity index (χ1n) is 4.57. The molecule has 1 aromatic rings. The summed E-state index contributed by atoms with van der Waals surface area (Å²) in [5, 5.41) is 9.05. The van der Waals surface area contributed by atoms with Crippen molar-refractivity contribution in [3.05, 3.63) is 23.9 Å². The normalized spacial score (nSPS) is 12.8. The van der Waals surface area contributed by atoms with Crippen molar-refractivity contribution in [1.82, 2.24) is 4.98 Å². The van der Waals surface area contributed by atoms with Crippen molar-refractivity contribution in [2.45, 2.75) is 32.3 Å². The maximum absolute atomic E-state index is 9.05. The highest BCUT2D eigenvalue weighted by molar-refractivity contribution is 5.38. The third-order valence-corrected chi connectivity index (χ3v) is 1.99. The fourth-order valence-electron chi connectivity index (χ4n) is 1.25. The molecule has 3 nitrogen and oxygen atoms in total. The first kappa shape index (κ1) is 9.99. The van der Waals surface area contributed by atoms with Gasteiger partial charge in [-0.1, -0.05) is 6.07 Å². The smallest absolute Gasteiger partial charge is 0.126 e. The first-order valence-corrected chi connectivity index (χ1v) is 4.57. The van der Waals surface area contributed by atoms with E-state index in [1.54, 1.807) is 13.1 Å². The molecule has 1 atom stereocenters. The first-order chi connectivity index (χ1) is 6.20. The third-order valence-electron chi connectivity index (χ3n) is 1.99. The minimum absolute atomic E-state index is 0.224. The highest BCUT2D eigenvalue weighted by Gasteiger charge is 2.00. The Morgan fingerprint density at radius 1 is 1.62 bits per heavy atom. The lowest BCUT2D eigenvalue weighted by Gasteiger charge is -2.05. The summed E-state index contributed by atoms with van der Waals surface area (Å²) < 4.78 is 0. The Morgan fingerprint density at radius 3 is 3.00 bits per heavy atom. The Bertz CT molecular complexity index is 261. The number of anilines is 1. The molecular formula is C10H16N2O. The van der Waals surface area contributed by atoms with Gasteiger partial charge in [0.1, 0.15) is 5.82 Å². The predicted octanol–water partition coefficient (Wildman–Crippen LogP) is 1.37. The quantitative estimate of drug-likeness (QED) is 0.735. The molecule has 72 valence electrons. The minimum atomic E-state index is -0.224. The fraction of sp³-hybridized carbons (Fsp3) is 0.500. The number of aryl methyl sites for hydroxylation is 1. The second-order valence-electron chi connectivity index (χ2n) is 3.29. The van der Waals surface area contributed by atoms with E-state index in [9.17, 15) is 0 Å². The lowest BCUT2D eigenvalue weighted by molar-refractivity contribution is 0.182. The largest absolute Gasteiger partial charge is 0.393 e. The zero-order valence-electron chi connectivity index (χ0n) is 7.90. The Hall–Kier alpha value is -1.09. The summed E-state index contributed by atoms with van der Waals surface area (Å²) in [6.07, 6.45) is 4.12. The molecule has 3 heteroatoms. The van der Waals surface area contributed by atoms with Gasteiger partial charge in [-0.05, 0) is 37.8 Å². The van der Waals surface area contributed by atoms with Gasteiger partial charge in [0, 0.05) is 6.20 Å². The molecule has 0 amide bonds. The number of nitrogen functional groups attached to an aromatic ring is 1. The SMILES string of the molecule is CC(O)CCCc1cccnc1N. The van der Waals surface area contributed by atoms with Crippen molar-refractivity contribution in [3.8, 4) is 0 Å². The van der Waals surface area contributed by atoms with Crippen LogP contribution in [0.5, 0.6) is 0 Å². The number of aromatic nitrogens is 1. The molecule has 1 unspecified atom stereocenters. The number of nitrogens with zero attached hydrogens (tertiary/aromatic N) is 1. The number of nitrogens with two attached hydrogens (primary N) is 1. The van der Waals surface area contributed by atoms with Gasteiger partial charge >= 0.3 is 0 Å². The van der Waals surface area contributed by atoms with Gasteiger partial charge in [0.2, 0.25) is 0 Å². The van der Waals surface area contributed by atoms with E-state index in [0.29, 0.717) is 5.82 Å².